The van der Waals surface area contributed by atoms with Gasteiger partial charge in [0, 0.05) is 26.2 Å². The molecule has 0 radical (unpaired) electrons. The molecule has 4 nitrogen and oxygen atoms in total. The smallest absolute Gasteiger partial charge is 0.203 e. The average molecular weight is 216 g/mol. The van der Waals surface area contributed by atoms with Crippen molar-refractivity contribution in [2.75, 3.05) is 31.1 Å². The lowest BCUT2D eigenvalue weighted by atomic mass is 10.2. The third kappa shape index (κ3) is 1.55. The Bertz CT molecular complexity index is 497. The lowest BCUT2D eigenvalue weighted by Crippen LogP contribution is -2.44. The van der Waals surface area contributed by atoms with Gasteiger partial charge in [0.2, 0.25) is 5.95 Å². The van der Waals surface area contributed by atoms with Gasteiger partial charge in [0.1, 0.15) is 0 Å². The number of aromatic nitrogens is 2. The van der Waals surface area contributed by atoms with E-state index in [9.17, 15) is 0 Å². The molecule has 1 aromatic heterocycles. The zero-order valence-corrected chi connectivity index (χ0v) is 9.45. The summed E-state index contributed by atoms with van der Waals surface area (Å²) in [6.45, 7) is 6.23. The molecule has 4 heteroatoms. The first-order valence-electron chi connectivity index (χ1n) is 5.75. The SMILES string of the molecule is Cc1cccc2[nH]c(N3CCNCC3)nc12. The summed E-state index contributed by atoms with van der Waals surface area (Å²) in [5.74, 6) is 1.01. The molecular weight excluding hydrogens is 200 g/mol. The Balaban J connectivity index is 2.01. The molecule has 2 aromatic rings. The lowest BCUT2D eigenvalue weighted by molar-refractivity contribution is 0.582. The number of piperazine rings is 1. The van der Waals surface area contributed by atoms with Crippen LogP contribution in [-0.2, 0) is 0 Å². The van der Waals surface area contributed by atoms with E-state index >= 15 is 0 Å². The van der Waals surface area contributed by atoms with E-state index in [1.165, 1.54) is 5.56 Å². The van der Waals surface area contributed by atoms with Crippen molar-refractivity contribution in [3.8, 4) is 0 Å². The van der Waals surface area contributed by atoms with Crippen LogP contribution in [-0.4, -0.2) is 36.1 Å². The Morgan fingerprint density at radius 3 is 2.81 bits per heavy atom. The summed E-state index contributed by atoms with van der Waals surface area (Å²) in [4.78, 5) is 10.4. The van der Waals surface area contributed by atoms with Crippen LogP contribution in [0.15, 0.2) is 18.2 Å². The number of H-pyrrole nitrogens is 1. The highest BCUT2D eigenvalue weighted by Crippen LogP contribution is 2.20. The van der Waals surface area contributed by atoms with Gasteiger partial charge in [0.05, 0.1) is 11.0 Å². The summed E-state index contributed by atoms with van der Waals surface area (Å²) in [6, 6.07) is 6.25. The molecule has 0 unspecified atom stereocenters. The molecule has 2 N–H and O–H groups in total. The molecule has 2 heterocycles. The van der Waals surface area contributed by atoms with Crippen LogP contribution in [0.3, 0.4) is 0 Å². The molecule has 3 rings (SSSR count). The molecule has 0 amide bonds. The van der Waals surface area contributed by atoms with Gasteiger partial charge in [0.25, 0.3) is 0 Å². The van der Waals surface area contributed by atoms with Gasteiger partial charge < -0.3 is 15.2 Å². The fourth-order valence-electron chi connectivity index (χ4n) is 2.19. The van der Waals surface area contributed by atoms with Crippen LogP contribution in [0, 0.1) is 6.92 Å². The molecule has 1 aliphatic heterocycles. The fraction of sp³-hybridized carbons (Fsp3) is 0.417. The number of hydrogen-bond donors (Lipinski definition) is 2. The van der Waals surface area contributed by atoms with Gasteiger partial charge in [-0.2, -0.15) is 0 Å². The van der Waals surface area contributed by atoms with Crippen LogP contribution < -0.4 is 10.2 Å². The summed E-state index contributed by atoms with van der Waals surface area (Å²) >= 11 is 0. The van der Waals surface area contributed by atoms with Crippen molar-refractivity contribution < 1.29 is 0 Å². The van der Waals surface area contributed by atoms with Crippen molar-refractivity contribution in [3.05, 3.63) is 23.8 Å². The van der Waals surface area contributed by atoms with E-state index in [0.29, 0.717) is 0 Å². The molecule has 16 heavy (non-hydrogen) atoms. The Morgan fingerprint density at radius 2 is 2.06 bits per heavy atom. The van der Waals surface area contributed by atoms with E-state index in [1.54, 1.807) is 0 Å². The third-order valence-corrected chi connectivity index (χ3v) is 3.12. The maximum Gasteiger partial charge on any atom is 0.203 e. The molecule has 1 fully saturated rings. The van der Waals surface area contributed by atoms with Crippen LogP contribution in [0.25, 0.3) is 11.0 Å². The first kappa shape index (κ1) is 9.66. The minimum atomic E-state index is 1.01. The van der Waals surface area contributed by atoms with Crippen LogP contribution in [0.2, 0.25) is 0 Å². The highest BCUT2D eigenvalue weighted by atomic mass is 15.3. The second kappa shape index (κ2) is 3.79. The maximum absolute atomic E-state index is 4.68. The Labute approximate surface area is 94.7 Å². The Hall–Kier alpha value is -1.55. The van der Waals surface area contributed by atoms with Gasteiger partial charge in [-0.3, -0.25) is 0 Å². The largest absolute Gasteiger partial charge is 0.340 e. The number of rotatable bonds is 1. The first-order valence-corrected chi connectivity index (χ1v) is 5.75. The number of aromatic amines is 1. The van der Waals surface area contributed by atoms with E-state index in [2.05, 4.69) is 45.3 Å². The summed E-state index contributed by atoms with van der Waals surface area (Å²) in [5, 5.41) is 3.35. The van der Waals surface area contributed by atoms with E-state index in [-0.39, 0.29) is 0 Å². The highest BCUT2D eigenvalue weighted by molar-refractivity contribution is 5.80. The predicted octanol–water partition coefficient (Wildman–Crippen LogP) is 1.28. The minimum Gasteiger partial charge on any atom is -0.340 e. The number of imidazole rings is 1. The number of para-hydroxylation sites is 1. The number of hydrogen-bond acceptors (Lipinski definition) is 3. The second-order valence-electron chi connectivity index (χ2n) is 4.27. The van der Waals surface area contributed by atoms with Gasteiger partial charge in [0.15, 0.2) is 0 Å². The molecule has 84 valence electrons. The molecule has 1 aliphatic rings. The first-order chi connectivity index (χ1) is 7.84. The molecule has 0 bridgehead atoms. The molecule has 0 spiro atoms. The number of benzene rings is 1. The van der Waals surface area contributed by atoms with Crippen LogP contribution in [0.5, 0.6) is 0 Å². The van der Waals surface area contributed by atoms with Crippen molar-refractivity contribution in [2.45, 2.75) is 6.92 Å². The van der Waals surface area contributed by atoms with Crippen molar-refractivity contribution >= 4 is 17.0 Å². The molecule has 1 saturated heterocycles. The van der Waals surface area contributed by atoms with E-state index in [0.717, 1.165) is 43.2 Å². The number of fused-ring (bicyclic) bond motifs is 1. The monoisotopic (exact) mass is 216 g/mol. The van der Waals surface area contributed by atoms with Crippen molar-refractivity contribution in [2.24, 2.45) is 0 Å². The lowest BCUT2D eigenvalue weighted by Gasteiger charge is -2.26. The molecular formula is C12H16N4. The van der Waals surface area contributed by atoms with Gasteiger partial charge in [-0.05, 0) is 18.6 Å². The quantitative estimate of drug-likeness (QED) is 0.754. The van der Waals surface area contributed by atoms with Gasteiger partial charge >= 0.3 is 0 Å². The average Bonchev–Trinajstić information content (AvgIpc) is 2.76. The summed E-state index contributed by atoms with van der Waals surface area (Å²) in [5.41, 5.74) is 3.46. The van der Waals surface area contributed by atoms with Gasteiger partial charge in [-0.25, -0.2) is 4.98 Å². The van der Waals surface area contributed by atoms with Gasteiger partial charge in [-0.1, -0.05) is 12.1 Å². The van der Waals surface area contributed by atoms with E-state index in [4.69, 9.17) is 0 Å². The summed E-state index contributed by atoms with van der Waals surface area (Å²) < 4.78 is 0. The maximum atomic E-state index is 4.68. The van der Waals surface area contributed by atoms with Crippen molar-refractivity contribution in [1.82, 2.24) is 15.3 Å². The number of nitrogens with one attached hydrogen (secondary N) is 2. The Kier molecular flexibility index (Phi) is 2.29. The fourth-order valence-corrected chi connectivity index (χ4v) is 2.19. The van der Waals surface area contributed by atoms with Crippen LogP contribution >= 0.6 is 0 Å². The molecule has 0 aliphatic carbocycles. The zero-order chi connectivity index (χ0) is 11.0. The minimum absolute atomic E-state index is 1.01. The molecule has 0 saturated carbocycles. The van der Waals surface area contributed by atoms with Crippen molar-refractivity contribution in [3.63, 3.8) is 0 Å². The highest BCUT2D eigenvalue weighted by Gasteiger charge is 2.14. The van der Waals surface area contributed by atoms with E-state index < -0.39 is 0 Å². The number of nitrogens with zero attached hydrogens (tertiary/aromatic N) is 2. The summed E-state index contributed by atoms with van der Waals surface area (Å²) in [6.07, 6.45) is 0. The predicted molar refractivity (Wildman–Crippen MR) is 65.9 cm³/mol. The standard InChI is InChI=1S/C12H16N4/c1-9-3-2-4-10-11(9)15-12(14-10)16-7-5-13-6-8-16/h2-4,13H,5-8H2,1H3,(H,14,15). The Morgan fingerprint density at radius 1 is 1.25 bits per heavy atom. The van der Waals surface area contributed by atoms with E-state index in [1.807, 2.05) is 0 Å². The van der Waals surface area contributed by atoms with Crippen molar-refractivity contribution in [1.29, 1.82) is 0 Å². The van der Waals surface area contributed by atoms with Crippen LogP contribution in [0.1, 0.15) is 5.56 Å². The number of aryl methyl sites for hydroxylation is 1. The zero-order valence-electron chi connectivity index (χ0n) is 9.45. The molecule has 0 atom stereocenters. The van der Waals surface area contributed by atoms with Crippen LogP contribution in [0.4, 0.5) is 5.95 Å². The van der Waals surface area contributed by atoms with Gasteiger partial charge in [-0.15, -0.1) is 0 Å². The number of anilines is 1. The topological polar surface area (TPSA) is 44.0 Å². The normalized spacial score (nSPS) is 16.9. The molecule has 1 aromatic carbocycles. The third-order valence-electron chi connectivity index (χ3n) is 3.12. The summed E-state index contributed by atoms with van der Waals surface area (Å²) in [7, 11) is 0. The second-order valence-corrected chi connectivity index (χ2v) is 4.27.